The van der Waals surface area contributed by atoms with Crippen LogP contribution in [0.5, 0.6) is 0 Å². The van der Waals surface area contributed by atoms with Gasteiger partial charge in [0.25, 0.3) is 0 Å². The highest BCUT2D eigenvalue weighted by Gasteiger charge is 2.32. The second kappa shape index (κ2) is 9.49. The summed E-state index contributed by atoms with van der Waals surface area (Å²) in [6.45, 7) is 5.69. The minimum absolute atomic E-state index is 0.0235. The standard InChI is InChI=1S/C21H33N3O2/c22-17-21(8-4-1-5-9-21)14-20(25)23-15-18-6-2-3-7-19(18)16-24-10-12-26-13-11-24/h2-3,6-7H,1,4-5,8-17,22H2,(H,23,25). The summed E-state index contributed by atoms with van der Waals surface area (Å²) in [4.78, 5) is 15.0. The highest BCUT2D eigenvalue weighted by atomic mass is 16.5. The predicted molar refractivity (Wildman–Crippen MR) is 104 cm³/mol. The fraction of sp³-hybridized carbons (Fsp3) is 0.667. The molecular weight excluding hydrogens is 326 g/mol. The molecule has 5 heteroatoms. The Labute approximate surface area is 157 Å². The molecule has 0 unspecified atom stereocenters. The van der Waals surface area contributed by atoms with Crippen molar-refractivity contribution in [1.82, 2.24) is 10.2 Å². The number of hydrogen-bond acceptors (Lipinski definition) is 4. The van der Waals surface area contributed by atoms with E-state index in [0.29, 0.717) is 19.5 Å². The maximum atomic E-state index is 12.6. The van der Waals surface area contributed by atoms with Crippen LogP contribution in [0.3, 0.4) is 0 Å². The summed E-state index contributed by atoms with van der Waals surface area (Å²) in [6.07, 6.45) is 6.42. The maximum Gasteiger partial charge on any atom is 0.220 e. The maximum absolute atomic E-state index is 12.6. The summed E-state index contributed by atoms with van der Waals surface area (Å²) in [5, 5.41) is 3.15. The van der Waals surface area contributed by atoms with Gasteiger partial charge in [-0.05, 0) is 35.9 Å². The molecular formula is C21H33N3O2. The predicted octanol–water partition coefficient (Wildman–Crippen LogP) is 2.43. The van der Waals surface area contributed by atoms with Gasteiger partial charge < -0.3 is 15.8 Å². The van der Waals surface area contributed by atoms with E-state index in [4.69, 9.17) is 10.5 Å². The molecule has 1 saturated carbocycles. The number of ether oxygens (including phenoxy) is 1. The number of nitrogens with two attached hydrogens (primary N) is 1. The van der Waals surface area contributed by atoms with Gasteiger partial charge in [0.05, 0.1) is 13.2 Å². The van der Waals surface area contributed by atoms with Gasteiger partial charge in [-0.15, -0.1) is 0 Å². The Morgan fingerprint density at radius 1 is 1.12 bits per heavy atom. The van der Waals surface area contributed by atoms with Gasteiger partial charge in [-0.1, -0.05) is 43.5 Å². The summed E-state index contributed by atoms with van der Waals surface area (Å²) in [6, 6.07) is 8.41. The van der Waals surface area contributed by atoms with Crippen LogP contribution in [-0.4, -0.2) is 43.7 Å². The van der Waals surface area contributed by atoms with Crippen molar-refractivity contribution in [1.29, 1.82) is 0 Å². The van der Waals surface area contributed by atoms with E-state index in [9.17, 15) is 4.79 Å². The molecule has 1 amide bonds. The zero-order valence-corrected chi connectivity index (χ0v) is 15.8. The first-order valence-corrected chi connectivity index (χ1v) is 10.0. The van der Waals surface area contributed by atoms with Gasteiger partial charge in [0.15, 0.2) is 0 Å². The topological polar surface area (TPSA) is 67.6 Å². The Hall–Kier alpha value is -1.43. The molecule has 1 heterocycles. The Bertz CT molecular complexity index is 578. The van der Waals surface area contributed by atoms with Crippen LogP contribution in [0.1, 0.15) is 49.7 Å². The molecule has 1 aliphatic heterocycles. The molecule has 0 spiro atoms. The molecule has 0 aromatic heterocycles. The molecule has 144 valence electrons. The molecule has 1 aliphatic carbocycles. The van der Waals surface area contributed by atoms with Crippen molar-refractivity contribution in [2.24, 2.45) is 11.1 Å². The van der Waals surface area contributed by atoms with E-state index >= 15 is 0 Å². The van der Waals surface area contributed by atoms with E-state index in [0.717, 1.165) is 45.7 Å². The summed E-state index contributed by atoms with van der Waals surface area (Å²) in [5.74, 6) is 0.138. The zero-order valence-electron chi connectivity index (χ0n) is 15.8. The van der Waals surface area contributed by atoms with Gasteiger partial charge in [0.1, 0.15) is 0 Å². The number of hydrogen-bond donors (Lipinski definition) is 2. The van der Waals surface area contributed by atoms with Crippen LogP contribution in [0.25, 0.3) is 0 Å². The van der Waals surface area contributed by atoms with Crippen LogP contribution >= 0.6 is 0 Å². The third kappa shape index (κ3) is 5.29. The Kier molecular flexibility index (Phi) is 7.06. The van der Waals surface area contributed by atoms with E-state index in [1.54, 1.807) is 0 Å². The lowest BCUT2D eigenvalue weighted by Crippen LogP contribution is -2.38. The minimum Gasteiger partial charge on any atom is -0.379 e. The average molecular weight is 360 g/mol. The summed E-state index contributed by atoms with van der Waals surface area (Å²) in [7, 11) is 0. The number of morpholine rings is 1. The highest BCUT2D eigenvalue weighted by Crippen LogP contribution is 2.38. The van der Waals surface area contributed by atoms with Crippen molar-refractivity contribution < 1.29 is 9.53 Å². The zero-order chi connectivity index (χ0) is 18.2. The van der Waals surface area contributed by atoms with E-state index < -0.39 is 0 Å². The second-order valence-electron chi connectivity index (χ2n) is 7.88. The van der Waals surface area contributed by atoms with Crippen LogP contribution in [0, 0.1) is 5.41 Å². The lowest BCUT2D eigenvalue weighted by Gasteiger charge is -2.35. The van der Waals surface area contributed by atoms with Crippen molar-refractivity contribution in [2.45, 2.75) is 51.6 Å². The van der Waals surface area contributed by atoms with Gasteiger partial charge in [0, 0.05) is 32.6 Å². The fourth-order valence-corrected chi connectivity index (χ4v) is 4.24. The molecule has 2 fully saturated rings. The first-order chi connectivity index (χ1) is 12.7. The number of rotatable bonds is 7. The molecule has 1 saturated heterocycles. The summed E-state index contributed by atoms with van der Waals surface area (Å²) in [5.41, 5.74) is 8.55. The molecule has 3 rings (SSSR count). The van der Waals surface area contributed by atoms with Gasteiger partial charge in [-0.2, -0.15) is 0 Å². The molecule has 1 aromatic carbocycles. The van der Waals surface area contributed by atoms with Crippen LogP contribution in [0.2, 0.25) is 0 Å². The normalized spacial score (nSPS) is 20.7. The van der Waals surface area contributed by atoms with Crippen molar-refractivity contribution in [3.05, 3.63) is 35.4 Å². The molecule has 2 aliphatic rings. The number of amides is 1. The van der Waals surface area contributed by atoms with E-state index in [1.165, 1.54) is 30.4 Å². The lowest BCUT2D eigenvalue weighted by atomic mass is 9.71. The fourth-order valence-electron chi connectivity index (χ4n) is 4.24. The highest BCUT2D eigenvalue weighted by molar-refractivity contribution is 5.76. The van der Waals surface area contributed by atoms with Crippen LogP contribution in [0.15, 0.2) is 24.3 Å². The van der Waals surface area contributed by atoms with E-state index in [1.807, 2.05) is 6.07 Å². The Morgan fingerprint density at radius 2 is 1.81 bits per heavy atom. The smallest absolute Gasteiger partial charge is 0.220 e. The van der Waals surface area contributed by atoms with Crippen molar-refractivity contribution in [3.63, 3.8) is 0 Å². The number of benzene rings is 1. The quantitative estimate of drug-likeness (QED) is 0.785. The van der Waals surface area contributed by atoms with Gasteiger partial charge in [0.2, 0.25) is 5.91 Å². The second-order valence-corrected chi connectivity index (χ2v) is 7.88. The Morgan fingerprint density at radius 3 is 2.50 bits per heavy atom. The van der Waals surface area contributed by atoms with Crippen molar-refractivity contribution in [3.8, 4) is 0 Å². The first-order valence-electron chi connectivity index (χ1n) is 10.0. The third-order valence-corrected chi connectivity index (χ3v) is 5.97. The van der Waals surface area contributed by atoms with E-state index in [2.05, 4.69) is 28.4 Å². The molecule has 3 N–H and O–H groups in total. The first kappa shape index (κ1) is 19.3. The third-order valence-electron chi connectivity index (χ3n) is 5.97. The number of nitrogens with zero attached hydrogens (tertiary/aromatic N) is 1. The van der Waals surface area contributed by atoms with Crippen LogP contribution < -0.4 is 11.1 Å². The molecule has 0 atom stereocenters. The van der Waals surface area contributed by atoms with Gasteiger partial charge >= 0.3 is 0 Å². The molecule has 0 radical (unpaired) electrons. The Balaban J connectivity index is 1.54. The minimum atomic E-state index is 0.0235. The van der Waals surface area contributed by atoms with Crippen molar-refractivity contribution in [2.75, 3.05) is 32.8 Å². The molecule has 5 nitrogen and oxygen atoms in total. The number of carbonyl (C=O) groups excluding carboxylic acids is 1. The monoisotopic (exact) mass is 359 g/mol. The summed E-state index contributed by atoms with van der Waals surface area (Å²) < 4.78 is 5.43. The largest absolute Gasteiger partial charge is 0.379 e. The van der Waals surface area contributed by atoms with Gasteiger partial charge in [-0.25, -0.2) is 0 Å². The number of nitrogens with one attached hydrogen (secondary N) is 1. The van der Waals surface area contributed by atoms with Crippen LogP contribution in [-0.2, 0) is 22.6 Å². The summed E-state index contributed by atoms with van der Waals surface area (Å²) >= 11 is 0. The average Bonchev–Trinajstić information content (AvgIpc) is 2.69. The van der Waals surface area contributed by atoms with Crippen LogP contribution in [0.4, 0.5) is 0 Å². The molecule has 1 aromatic rings. The van der Waals surface area contributed by atoms with Crippen molar-refractivity contribution >= 4 is 5.91 Å². The lowest BCUT2D eigenvalue weighted by molar-refractivity contribution is -0.124. The van der Waals surface area contributed by atoms with Gasteiger partial charge in [-0.3, -0.25) is 9.69 Å². The number of carbonyl (C=O) groups is 1. The molecule has 26 heavy (non-hydrogen) atoms. The SMILES string of the molecule is NCC1(CC(=O)NCc2ccccc2CN2CCOCC2)CCCCC1. The van der Waals surface area contributed by atoms with E-state index in [-0.39, 0.29) is 11.3 Å². The molecule has 0 bridgehead atoms.